The van der Waals surface area contributed by atoms with Crippen LogP contribution in [0.1, 0.15) is 50.6 Å². The lowest BCUT2D eigenvalue weighted by Gasteiger charge is -2.21. The molecule has 0 spiro atoms. The topological polar surface area (TPSA) is 60.3 Å². The molecule has 6 heteroatoms. The molecule has 5 nitrogen and oxygen atoms in total. The number of thiazole rings is 1. The second-order valence-electron chi connectivity index (χ2n) is 5.88. The zero-order chi connectivity index (χ0) is 15.8. The fourth-order valence-electron chi connectivity index (χ4n) is 2.76. The van der Waals surface area contributed by atoms with Crippen LogP contribution in [0, 0.1) is 6.92 Å². The molecule has 1 amide bonds. The van der Waals surface area contributed by atoms with Crippen molar-refractivity contribution in [3.63, 3.8) is 0 Å². The first-order chi connectivity index (χ1) is 10.7. The fourth-order valence-corrected chi connectivity index (χ4v) is 3.52. The monoisotopic (exact) mass is 326 g/mol. The summed E-state index contributed by atoms with van der Waals surface area (Å²) < 4.78 is 7.47. The van der Waals surface area contributed by atoms with Crippen LogP contribution in [-0.2, 0) is 16.1 Å². The van der Waals surface area contributed by atoms with Crippen molar-refractivity contribution in [3.8, 4) is 0 Å². The Kier molecular flexibility index (Phi) is 7.12. The van der Waals surface area contributed by atoms with Crippen LogP contribution in [0.2, 0.25) is 0 Å². The molecule has 1 aliphatic rings. The van der Waals surface area contributed by atoms with Gasteiger partial charge >= 0.3 is 4.87 Å². The van der Waals surface area contributed by atoms with E-state index in [0.29, 0.717) is 32.2 Å². The van der Waals surface area contributed by atoms with Crippen molar-refractivity contribution in [2.45, 2.75) is 64.5 Å². The van der Waals surface area contributed by atoms with Crippen molar-refractivity contribution in [2.75, 3.05) is 13.2 Å². The van der Waals surface area contributed by atoms with Gasteiger partial charge < -0.3 is 14.6 Å². The van der Waals surface area contributed by atoms with Crippen LogP contribution in [0.25, 0.3) is 0 Å². The van der Waals surface area contributed by atoms with E-state index in [0.717, 1.165) is 12.1 Å². The van der Waals surface area contributed by atoms with Crippen LogP contribution in [0.3, 0.4) is 0 Å². The maximum absolute atomic E-state index is 11.8. The Morgan fingerprint density at radius 3 is 2.86 bits per heavy atom. The molecule has 1 aromatic rings. The summed E-state index contributed by atoms with van der Waals surface area (Å²) in [6.07, 6.45) is 7.88. The third-order valence-electron chi connectivity index (χ3n) is 4.09. The highest BCUT2D eigenvalue weighted by molar-refractivity contribution is 7.07. The van der Waals surface area contributed by atoms with E-state index < -0.39 is 0 Å². The number of amides is 1. The molecule has 0 bridgehead atoms. The van der Waals surface area contributed by atoms with Gasteiger partial charge in [0.15, 0.2) is 0 Å². The summed E-state index contributed by atoms with van der Waals surface area (Å²) in [5, 5.41) is 4.71. The molecule has 0 aromatic carbocycles. The lowest BCUT2D eigenvalue weighted by molar-refractivity contribution is -0.121. The molecule has 0 radical (unpaired) electrons. The molecule has 0 saturated heterocycles. The number of ether oxygens (including phenoxy) is 1. The minimum Gasteiger partial charge on any atom is -0.378 e. The number of aromatic nitrogens is 1. The van der Waals surface area contributed by atoms with Gasteiger partial charge in [-0.05, 0) is 26.2 Å². The van der Waals surface area contributed by atoms with E-state index in [4.69, 9.17) is 4.74 Å². The Bertz CT molecular complexity index is 518. The van der Waals surface area contributed by atoms with Crippen molar-refractivity contribution in [2.24, 2.45) is 0 Å². The largest absolute Gasteiger partial charge is 0.378 e. The molecule has 1 aliphatic carbocycles. The maximum Gasteiger partial charge on any atom is 0.307 e. The van der Waals surface area contributed by atoms with Gasteiger partial charge in [-0.1, -0.05) is 30.6 Å². The van der Waals surface area contributed by atoms with Gasteiger partial charge in [-0.3, -0.25) is 9.59 Å². The van der Waals surface area contributed by atoms with Gasteiger partial charge in [-0.2, -0.15) is 0 Å². The minimum absolute atomic E-state index is 0.00448. The quantitative estimate of drug-likeness (QED) is 0.747. The third-order valence-corrected chi connectivity index (χ3v) is 4.97. The average molecular weight is 326 g/mol. The summed E-state index contributed by atoms with van der Waals surface area (Å²) in [5.41, 5.74) is 0.920. The van der Waals surface area contributed by atoms with Gasteiger partial charge in [0.2, 0.25) is 5.91 Å². The fraction of sp³-hybridized carbons (Fsp3) is 0.750. The molecular formula is C16H26N2O3S. The predicted octanol–water partition coefficient (Wildman–Crippen LogP) is 2.46. The van der Waals surface area contributed by atoms with E-state index in [2.05, 4.69) is 5.32 Å². The van der Waals surface area contributed by atoms with Crippen LogP contribution in [0.4, 0.5) is 0 Å². The van der Waals surface area contributed by atoms with E-state index in [1.807, 2.05) is 12.3 Å². The number of hydrogen-bond donors (Lipinski definition) is 1. The molecular weight excluding hydrogens is 300 g/mol. The lowest BCUT2D eigenvalue weighted by atomic mass is 9.98. The highest BCUT2D eigenvalue weighted by atomic mass is 32.1. The summed E-state index contributed by atoms with van der Waals surface area (Å²) in [5.74, 6) is -0.00448. The Morgan fingerprint density at radius 1 is 1.41 bits per heavy atom. The SMILES string of the molecule is Cc1csc(=O)n1CCC(=O)NCCCOC1CCCCC1. The highest BCUT2D eigenvalue weighted by Gasteiger charge is 2.13. The molecule has 1 aromatic heterocycles. The first-order valence-electron chi connectivity index (χ1n) is 8.20. The van der Waals surface area contributed by atoms with Gasteiger partial charge in [0.25, 0.3) is 0 Å². The first kappa shape index (κ1) is 17.2. The van der Waals surface area contributed by atoms with E-state index in [1.165, 1.54) is 43.4 Å². The van der Waals surface area contributed by atoms with Crippen molar-refractivity contribution in [1.29, 1.82) is 0 Å². The predicted molar refractivity (Wildman–Crippen MR) is 88.4 cm³/mol. The minimum atomic E-state index is -0.00448. The number of nitrogens with one attached hydrogen (secondary N) is 1. The van der Waals surface area contributed by atoms with Crippen LogP contribution < -0.4 is 10.2 Å². The smallest absolute Gasteiger partial charge is 0.307 e. The number of carbonyl (C=O) groups excluding carboxylic acids is 1. The van der Waals surface area contributed by atoms with Crippen molar-refractivity contribution < 1.29 is 9.53 Å². The molecule has 0 atom stereocenters. The van der Waals surface area contributed by atoms with Gasteiger partial charge in [0.05, 0.1) is 6.10 Å². The molecule has 1 fully saturated rings. The third kappa shape index (κ3) is 5.57. The van der Waals surface area contributed by atoms with Crippen molar-refractivity contribution in [1.82, 2.24) is 9.88 Å². The number of nitrogens with zero attached hydrogens (tertiary/aromatic N) is 1. The maximum atomic E-state index is 11.8. The van der Waals surface area contributed by atoms with Crippen LogP contribution in [0.5, 0.6) is 0 Å². The number of carbonyl (C=O) groups is 1. The van der Waals surface area contributed by atoms with Gasteiger partial charge in [-0.15, -0.1) is 0 Å². The first-order valence-corrected chi connectivity index (χ1v) is 9.08. The average Bonchev–Trinajstić information content (AvgIpc) is 2.84. The Balaban J connectivity index is 1.53. The molecule has 1 heterocycles. The number of aryl methyl sites for hydroxylation is 1. The summed E-state index contributed by atoms with van der Waals surface area (Å²) in [4.78, 5) is 23.3. The molecule has 0 unspecified atom stereocenters. The zero-order valence-electron chi connectivity index (χ0n) is 13.3. The molecule has 124 valence electrons. The van der Waals surface area contributed by atoms with Crippen LogP contribution >= 0.6 is 11.3 Å². The molecule has 2 rings (SSSR count). The zero-order valence-corrected chi connectivity index (χ0v) is 14.1. The van der Waals surface area contributed by atoms with E-state index in [-0.39, 0.29) is 10.8 Å². The van der Waals surface area contributed by atoms with Crippen molar-refractivity contribution >= 4 is 17.2 Å². The Morgan fingerprint density at radius 2 is 2.18 bits per heavy atom. The molecule has 0 aliphatic heterocycles. The number of rotatable bonds is 8. The summed E-state index contributed by atoms with van der Waals surface area (Å²) in [7, 11) is 0. The van der Waals surface area contributed by atoms with Crippen LogP contribution in [0.15, 0.2) is 10.2 Å². The van der Waals surface area contributed by atoms with E-state index in [1.54, 1.807) is 4.57 Å². The summed E-state index contributed by atoms with van der Waals surface area (Å²) >= 11 is 1.18. The highest BCUT2D eigenvalue weighted by Crippen LogP contribution is 2.20. The second-order valence-corrected chi connectivity index (χ2v) is 6.70. The molecule has 1 saturated carbocycles. The summed E-state index contributed by atoms with van der Waals surface area (Å²) in [6, 6.07) is 0. The summed E-state index contributed by atoms with van der Waals surface area (Å²) in [6.45, 7) is 3.70. The lowest BCUT2D eigenvalue weighted by Crippen LogP contribution is -2.28. The van der Waals surface area contributed by atoms with Crippen molar-refractivity contribution in [3.05, 3.63) is 20.7 Å². The Hall–Kier alpha value is -1.14. The standard InChI is InChI=1S/C16H26N2O3S/c1-13-12-22-16(20)18(13)10-8-15(19)17-9-5-11-21-14-6-3-2-4-7-14/h12,14H,2-11H2,1H3,(H,17,19). The van der Waals surface area contributed by atoms with E-state index >= 15 is 0 Å². The normalized spacial score (nSPS) is 15.9. The van der Waals surface area contributed by atoms with Gasteiger partial charge in [-0.25, -0.2) is 0 Å². The second kappa shape index (κ2) is 9.10. The Labute approximate surface area is 135 Å². The molecule has 1 N–H and O–H groups in total. The van der Waals surface area contributed by atoms with Gasteiger partial charge in [0.1, 0.15) is 0 Å². The van der Waals surface area contributed by atoms with Crippen LogP contribution in [-0.4, -0.2) is 29.7 Å². The van der Waals surface area contributed by atoms with E-state index in [9.17, 15) is 9.59 Å². The van der Waals surface area contributed by atoms with Gasteiger partial charge in [0, 0.05) is 37.2 Å². The molecule has 22 heavy (non-hydrogen) atoms. The number of hydrogen-bond acceptors (Lipinski definition) is 4.